The van der Waals surface area contributed by atoms with E-state index >= 15 is 0 Å². The third-order valence-electron chi connectivity index (χ3n) is 4.71. The Morgan fingerprint density at radius 3 is 2.45 bits per heavy atom. The van der Waals surface area contributed by atoms with Crippen molar-refractivity contribution in [1.29, 1.82) is 0 Å². The van der Waals surface area contributed by atoms with Gasteiger partial charge in [-0.05, 0) is 44.8 Å². The maximum absolute atomic E-state index is 12.6. The molecule has 0 aliphatic carbocycles. The predicted molar refractivity (Wildman–Crippen MR) is 118 cm³/mol. The fourth-order valence-corrected chi connectivity index (χ4v) is 3.61. The van der Waals surface area contributed by atoms with Crippen LogP contribution in [0.25, 0.3) is 0 Å². The van der Waals surface area contributed by atoms with Crippen molar-refractivity contribution >= 4 is 29.1 Å². The van der Waals surface area contributed by atoms with Gasteiger partial charge in [0.15, 0.2) is 5.75 Å². The van der Waals surface area contributed by atoms with Crippen molar-refractivity contribution in [3.8, 4) is 5.75 Å². The summed E-state index contributed by atoms with van der Waals surface area (Å²) in [4.78, 5) is 14.6. The Kier molecular flexibility index (Phi) is 9.85. The average molecular weight is 441 g/mol. The van der Waals surface area contributed by atoms with E-state index in [1.54, 1.807) is 18.4 Å². The van der Waals surface area contributed by atoms with Crippen LogP contribution in [-0.4, -0.2) is 38.1 Å². The zero-order valence-electron chi connectivity index (χ0n) is 17.3. The Morgan fingerprint density at radius 2 is 1.86 bits per heavy atom. The quantitative estimate of drug-likeness (QED) is 0.413. The van der Waals surface area contributed by atoms with Crippen LogP contribution in [-0.2, 0) is 0 Å². The molecule has 2 aromatic rings. The monoisotopic (exact) mass is 440 g/mol. The van der Waals surface area contributed by atoms with Gasteiger partial charge in [-0.25, -0.2) is 0 Å². The molecule has 1 aromatic carbocycles. The van der Waals surface area contributed by atoms with Gasteiger partial charge in [0.05, 0.1) is 29.0 Å². The summed E-state index contributed by atoms with van der Waals surface area (Å²) in [7, 11) is 3.86. The van der Waals surface area contributed by atoms with Gasteiger partial charge in [-0.2, -0.15) is 0 Å². The standard InChI is InChI=1S/C22H30Cl2N2O3/c1-4-5-6-7-8-11-29-21-17(23)13-16(14-18(21)24)22(27)25-15-19(26(2)3)20-10-9-12-28-20/h9-10,12-14,19H,4-8,11,15H2,1-3H3,(H,25,27). The Balaban J connectivity index is 1.93. The molecule has 0 radical (unpaired) electrons. The van der Waals surface area contributed by atoms with Crippen molar-refractivity contribution in [2.45, 2.75) is 45.1 Å². The van der Waals surface area contributed by atoms with Gasteiger partial charge in [-0.3, -0.25) is 9.69 Å². The maximum atomic E-state index is 12.6. The molecule has 0 spiro atoms. The number of likely N-dealkylation sites (N-methyl/N-ethyl adjacent to an activating group) is 1. The molecule has 1 unspecified atom stereocenters. The van der Waals surface area contributed by atoms with Crippen LogP contribution in [0.5, 0.6) is 5.75 Å². The van der Waals surface area contributed by atoms with E-state index in [2.05, 4.69) is 12.2 Å². The van der Waals surface area contributed by atoms with Crippen molar-refractivity contribution in [2.24, 2.45) is 0 Å². The molecule has 0 bridgehead atoms. The van der Waals surface area contributed by atoms with Crippen LogP contribution in [0.3, 0.4) is 0 Å². The highest BCUT2D eigenvalue weighted by Crippen LogP contribution is 2.34. The number of benzene rings is 1. The van der Waals surface area contributed by atoms with Crippen LogP contribution in [0.15, 0.2) is 34.9 Å². The predicted octanol–water partition coefficient (Wildman–Crippen LogP) is 5.97. The number of ether oxygens (including phenoxy) is 1. The molecular formula is C22H30Cl2N2O3. The zero-order valence-corrected chi connectivity index (χ0v) is 18.9. The van der Waals surface area contributed by atoms with Crippen LogP contribution >= 0.6 is 23.2 Å². The van der Waals surface area contributed by atoms with Gasteiger partial charge < -0.3 is 14.5 Å². The molecule has 0 aliphatic heterocycles. The summed E-state index contributed by atoms with van der Waals surface area (Å²) in [6, 6.07) is 6.82. The lowest BCUT2D eigenvalue weighted by Gasteiger charge is -2.22. The van der Waals surface area contributed by atoms with E-state index in [9.17, 15) is 4.79 Å². The summed E-state index contributed by atoms with van der Waals surface area (Å²) in [5.74, 6) is 0.967. The third-order valence-corrected chi connectivity index (χ3v) is 5.27. The van der Waals surface area contributed by atoms with Gasteiger partial charge in [0.2, 0.25) is 0 Å². The molecule has 0 fully saturated rings. The number of furan rings is 1. The maximum Gasteiger partial charge on any atom is 0.251 e. The average Bonchev–Trinajstić information content (AvgIpc) is 3.20. The van der Waals surface area contributed by atoms with E-state index in [0.717, 1.165) is 18.6 Å². The van der Waals surface area contributed by atoms with Crippen molar-refractivity contribution < 1.29 is 13.9 Å². The fraction of sp³-hybridized carbons (Fsp3) is 0.500. The zero-order chi connectivity index (χ0) is 21.2. The molecule has 5 nitrogen and oxygen atoms in total. The number of rotatable bonds is 12. The molecule has 1 amide bonds. The first-order valence-electron chi connectivity index (χ1n) is 10.0. The SMILES string of the molecule is CCCCCCCOc1c(Cl)cc(C(=O)NCC(c2ccco2)N(C)C)cc1Cl. The summed E-state index contributed by atoms with van der Waals surface area (Å²) >= 11 is 12.6. The normalized spacial score (nSPS) is 12.2. The lowest BCUT2D eigenvalue weighted by Crippen LogP contribution is -2.34. The van der Waals surface area contributed by atoms with Gasteiger partial charge in [0.25, 0.3) is 5.91 Å². The molecule has 0 saturated carbocycles. The first-order valence-corrected chi connectivity index (χ1v) is 10.8. The highest BCUT2D eigenvalue weighted by Gasteiger charge is 2.19. The summed E-state index contributed by atoms with van der Waals surface area (Å²) in [5.41, 5.74) is 0.396. The van der Waals surface area contributed by atoms with E-state index < -0.39 is 0 Å². The van der Waals surface area contributed by atoms with Gasteiger partial charge in [0.1, 0.15) is 5.76 Å². The minimum Gasteiger partial charge on any atom is -0.490 e. The number of nitrogens with one attached hydrogen (secondary N) is 1. The van der Waals surface area contributed by atoms with Gasteiger partial charge in [0, 0.05) is 12.1 Å². The highest BCUT2D eigenvalue weighted by molar-refractivity contribution is 6.37. The van der Waals surface area contributed by atoms with Gasteiger partial charge in [-0.1, -0.05) is 55.8 Å². The molecule has 1 N–H and O–H groups in total. The van der Waals surface area contributed by atoms with E-state index in [1.165, 1.54) is 19.3 Å². The summed E-state index contributed by atoms with van der Waals surface area (Å²) < 4.78 is 11.2. The fourth-order valence-electron chi connectivity index (χ4n) is 3.02. The number of hydrogen-bond acceptors (Lipinski definition) is 4. The van der Waals surface area contributed by atoms with Gasteiger partial charge in [-0.15, -0.1) is 0 Å². The number of nitrogens with zero attached hydrogens (tertiary/aromatic N) is 1. The minimum absolute atomic E-state index is 0.0739. The Hall–Kier alpha value is -1.69. The summed E-state index contributed by atoms with van der Waals surface area (Å²) in [6.45, 7) is 3.14. The molecule has 0 aliphatic rings. The van der Waals surface area contributed by atoms with Crippen LogP contribution in [0, 0.1) is 0 Å². The lowest BCUT2D eigenvalue weighted by molar-refractivity contribution is 0.0939. The van der Waals surface area contributed by atoms with Crippen LogP contribution in [0.2, 0.25) is 10.0 Å². The molecular weight excluding hydrogens is 411 g/mol. The van der Waals surface area contributed by atoms with Crippen molar-refractivity contribution in [3.63, 3.8) is 0 Å². The van der Waals surface area contributed by atoms with Crippen molar-refractivity contribution in [3.05, 3.63) is 51.9 Å². The largest absolute Gasteiger partial charge is 0.490 e. The third kappa shape index (κ3) is 7.25. The second kappa shape index (κ2) is 12.1. The van der Waals surface area contributed by atoms with E-state index in [-0.39, 0.29) is 11.9 Å². The second-order valence-electron chi connectivity index (χ2n) is 7.24. The molecule has 1 aromatic heterocycles. The number of carbonyl (C=O) groups excluding carboxylic acids is 1. The van der Waals surface area contributed by atoms with Crippen LogP contribution in [0.4, 0.5) is 0 Å². The Bertz CT molecular complexity index is 740. The lowest BCUT2D eigenvalue weighted by atomic mass is 10.1. The minimum atomic E-state index is -0.252. The smallest absolute Gasteiger partial charge is 0.251 e. The van der Waals surface area contributed by atoms with E-state index in [4.69, 9.17) is 32.4 Å². The molecule has 0 saturated heterocycles. The first kappa shape index (κ1) is 23.6. The highest BCUT2D eigenvalue weighted by atomic mass is 35.5. The molecule has 160 valence electrons. The number of hydrogen-bond donors (Lipinski definition) is 1. The van der Waals surface area contributed by atoms with Gasteiger partial charge >= 0.3 is 0 Å². The Labute approximate surface area is 183 Å². The first-order chi connectivity index (χ1) is 13.9. The summed E-state index contributed by atoms with van der Waals surface area (Å²) in [5, 5.41) is 3.59. The number of carbonyl (C=O) groups is 1. The van der Waals surface area contributed by atoms with E-state index in [1.807, 2.05) is 31.1 Å². The van der Waals surface area contributed by atoms with Crippen molar-refractivity contribution in [2.75, 3.05) is 27.2 Å². The molecule has 1 atom stereocenters. The number of halogens is 2. The van der Waals surface area contributed by atoms with Crippen LogP contribution < -0.4 is 10.1 Å². The topological polar surface area (TPSA) is 54.7 Å². The Morgan fingerprint density at radius 1 is 1.17 bits per heavy atom. The molecule has 2 rings (SSSR count). The number of unbranched alkanes of at least 4 members (excludes halogenated alkanes) is 4. The van der Waals surface area contributed by atoms with E-state index in [0.29, 0.717) is 34.5 Å². The number of amides is 1. The molecule has 1 heterocycles. The van der Waals surface area contributed by atoms with Crippen LogP contribution in [0.1, 0.15) is 61.2 Å². The second-order valence-corrected chi connectivity index (χ2v) is 8.05. The molecule has 7 heteroatoms. The molecule has 29 heavy (non-hydrogen) atoms. The summed E-state index contributed by atoms with van der Waals surface area (Å²) in [6.07, 6.45) is 7.33. The van der Waals surface area contributed by atoms with Crippen molar-refractivity contribution in [1.82, 2.24) is 10.2 Å².